The molecule has 0 amide bonds. The molecular formula is C15H20F2N4O. The van der Waals surface area contributed by atoms with Crippen LogP contribution in [0.5, 0.6) is 0 Å². The van der Waals surface area contributed by atoms with Gasteiger partial charge in [-0.2, -0.15) is 0 Å². The Bertz CT molecular complexity index is 595. The number of rotatable bonds is 4. The van der Waals surface area contributed by atoms with E-state index in [0.29, 0.717) is 24.5 Å². The van der Waals surface area contributed by atoms with Crippen LogP contribution < -0.4 is 11.1 Å². The molecular weight excluding hydrogens is 290 g/mol. The Morgan fingerprint density at radius 3 is 2.45 bits per heavy atom. The minimum atomic E-state index is -0.848. The van der Waals surface area contributed by atoms with E-state index < -0.39 is 17.2 Å². The van der Waals surface area contributed by atoms with E-state index in [0.717, 1.165) is 5.70 Å². The van der Waals surface area contributed by atoms with E-state index in [2.05, 4.69) is 5.32 Å². The van der Waals surface area contributed by atoms with Crippen molar-refractivity contribution in [2.24, 2.45) is 5.73 Å². The van der Waals surface area contributed by atoms with Gasteiger partial charge < -0.3 is 20.9 Å². The highest BCUT2D eigenvalue weighted by atomic mass is 19.1. The van der Waals surface area contributed by atoms with Gasteiger partial charge in [0.1, 0.15) is 17.5 Å². The Labute approximate surface area is 128 Å². The van der Waals surface area contributed by atoms with Crippen LogP contribution in [0.4, 0.5) is 8.78 Å². The first-order valence-electron chi connectivity index (χ1n) is 6.92. The molecule has 1 atom stereocenters. The summed E-state index contributed by atoms with van der Waals surface area (Å²) in [5.74, 6) is -1.07. The maximum Gasteiger partial charge on any atom is 0.155 e. The fraction of sp³-hybridized carbons (Fsp3) is 0.400. The fourth-order valence-electron chi connectivity index (χ4n) is 2.69. The van der Waals surface area contributed by atoms with Crippen LogP contribution in [0.25, 0.3) is 0 Å². The van der Waals surface area contributed by atoms with Crippen molar-refractivity contribution < 1.29 is 13.6 Å². The number of nitrogens with zero attached hydrogens (tertiary/aromatic N) is 2. The van der Waals surface area contributed by atoms with Gasteiger partial charge in [-0.05, 0) is 24.7 Å². The van der Waals surface area contributed by atoms with Crippen molar-refractivity contribution in [3.63, 3.8) is 0 Å². The summed E-state index contributed by atoms with van der Waals surface area (Å²) in [6.45, 7) is 1.04. The second-order valence-electron chi connectivity index (χ2n) is 5.39. The molecule has 2 rings (SSSR count). The minimum absolute atomic E-state index is 0.190. The second kappa shape index (κ2) is 6.31. The summed E-state index contributed by atoms with van der Waals surface area (Å²) in [6.07, 6.45) is 0.190. The van der Waals surface area contributed by atoms with Crippen LogP contribution >= 0.6 is 0 Å². The summed E-state index contributed by atoms with van der Waals surface area (Å²) in [4.78, 5) is 14.5. The molecule has 0 aromatic heterocycles. The molecule has 22 heavy (non-hydrogen) atoms. The van der Waals surface area contributed by atoms with Gasteiger partial charge >= 0.3 is 0 Å². The monoisotopic (exact) mass is 310 g/mol. The third-order valence-corrected chi connectivity index (χ3v) is 4.00. The molecule has 5 nitrogen and oxygen atoms in total. The predicted molar refractivity (Wildman–Crippen MR) is 80.0 cm³/mol. The summed E-state index contributed by atoms with van der Waals surface area (Å²) in [5, 5.41) is 3.03. The molecule has 1 aromatic carbocycles. The van der Waals surface area contributed by atoms with E-state index in [1.54, 1.807) is 7.05 Å². The molecule has 1 unspecified atom stereocenters. The molecule has 1 aliphatic rings. The van der Waals surface area contributed by atoms with Crippen molar-refractivity contribution in [2.75, 3.05) is 34.2 Å². The van der Waals surface area contributed by atoms with Gasteiger partial charge in [-0.15, -0.1) is 0 Å². The topological polar surface area (TPSA) is 61.6 Å². The van der Waals surface area contributed by atoms with Crippen molar-refractivity contribution in [2.45, 2.75) is 6.04 Å². The van der Waals surface area contributed by atoms with Gasteiger partial charge in [-0.3, -0.25) is 4.79 Å². The van der Waals surface area contributed by atoms with Gasteiger partial charge in [-0.1, -0.05) is 0 Å². The van der Waals surface area contributed by atoms with Gasteiger partial charge in [0.2, 0.25) is 0 Å². The van der Waals surface area contributed by atoms with Gasteiger partial charge in [0.25, 0.3) is 0 Å². The molecule has 3 N–H and O–H groups in total. The third-order valence-electron chi connectivity index (χ3n) is 4.00. The van der Waals surface area contributed by atoms with E-state index in [4.69, 9.17) is 5.73 Å². The lowest BCUT2D eigenvalue weighted by molar-refractivity contribution is 0.111. The summed E-state index contributed by atoms with van der Waals surface area (Å²) < 4.78 is 27.7. The number of aldehydes is 1. The van der Waals surface area contributed by atoms with Crippen LogP contribution in [0, 0.1) is 11.6 Å². The first-order chi connectivity index (χ1) is 10.4. The SMILES string of the molecule is CNCC1=C(N)N(C)CC(c2cc(F)c(C=O)c(F)c2)N1C. The number of benzene rings is 1. The lowest BCUT2D eigenvalue weighted by Crippen LogP contribution is -2.45. The number of nitrogens with one attached hydrogen (secondary N) is 1. The lowest BCUT2D eigenvalue weighted by Gasteiger charge is -2.42. The minimum Gasteiger partial charge on any atom is -0.384 e. The van der Waals surface area contributed by atoms with Gasteiger partial charge in [-0.25, -0.2) is 8.78 Å². The Morgan fingerprint density at radius 2 is 1.95 bits per heavy atom. The molecule has 120 valence electrons. The molecule has 0 saturated carbocycles. The maximum absolute atomic E-state index is 13.9. The number of carbonyl (C=O) groups excluding carboxylic acids is 1. The molecule has 0 saturated heterocycles. The molecule has 0 spiro atoms. The van der Waals surface area contributed by atoms with Crippen molar-refractivity contribution in [1.29, 1.82) is 0 Å². The van der Waals surface area contributed by atoms with Crippen LogP contribution in [0.2, 0.25) is 0 Å². The average molecular weight is 310 g/mol. The zero-order valence-corrected chi connectivity index (χ0v) is 12.9. The van der Waals surface area contributed by atoms with Crippen LogP contribution in [0.3, 0.4) is 0 Å². The molecule has 0 fully saturated rings. The lowest BCUT2D eigenvalue weighted by atomic mass is 10.00. The number of hydrogen-bond acceptors (Lipinski definition) is 5. The number of nitrogens with two attached hydrogens (primary N) is 1. The largest absolute Gasteiger partial charge is 0.384 e. The summed E-state index contributed by atoms with van der Waals surface area (Å²) in [6, 6.07) is 2.16. The second-order valence-corrected chi connectivity index (χ2v) is 5.39. The van der Waals surface area contributed by atoms with Gasteiger partial charge in [0, 0.05) is 27.2 Å². The molecule has 1 aliphatic heterocycles. The van der Waals surface area contributed by atoms with Crippen molar-refractivity contribution in [3.05, 3.63) is 46.4 Å². The highest BCUT2D eigenvalue weighted by Crippen LogP contribution is 2.31. The third kappa shape index (κ3) is 2.76. The fourth-order valence-corrected chi connectivity index (χ4v) is 2.69. The zero-order valence-electron chi connectivity index (χ0n) is 12.9. The molecule has 1 heterocycles. The Hall–Kier alpha value is -2.15. The number of carbonyl (C=O) groups is 1. The van der Waals surface area contributed by atoms with Gasteiger partial charge in [0.05, 0.1) is 17.3 Å². The smallest absolute Gasteiger partial charge is 0.155 e. The van der Waals surface area contributed by atoms with Crippen molar-refractivity contribution in [3.8, 4) is 0 Å². The number of likely N-dealkylation sites (N-methyl/N-ethyl adjacent to an activating group) is 3. The Balaban J connectivity index is 2.43. The van der Waals surface area contributed by atoms with Crippen LogP contribution in [0.1, 0.15) is 22.0 Å². The van der Waals surface area contributed by atoms with E-state index in [9.17, 15) is 13.6 Å². The Kier molecular flexibility index (Phi) is 4.65. The van der Waals surface area contributed by atoms with Crippen LogP contribution in [0.15, 0.2) is 23.7 Å². The first-order valence-corrected chi connectivity index (χ1v) is 6.92. The maximum atomic E-state index is 13.9. The normalized spacial score (nSPS) is 18.9. The number of hydrogen-bond donors (Lipinski definition) is 2. The quantitative estimate of drug-likeness (QED) is 0.814. The predicted octanol–water partition coefficient (Wildman–Crippen LogP) is 1.04. The molecule has 7 heteroatoms. The zero-order chi connectivity index (χ0) is 16.4. The van der Waals surface area contributed by atoms with Crippen LogP contribution in [-0.4, -0.2) is 50.3 Å². The average Bonchev–Trinajstić information content (AvgIpc) is 2.47. The summed E-state index contributed by atoms with van der Waals surface area (Å²) in [7, 11) is 5.47. The number of halogens is 2. The van der Waals surface area contributed by atoms with E-state index in [1.807, 2.05) is 23.9 Å². The Morgan fingerprint density at radius 1 is 1.36 bits per heavy atom. The van der Waals surface area contributed by atoms with Crippen LogP contribution in [-0.2, 0) is 0 Å². The highest BCUT2D eigenvalue weighted by molar-refractivity contribution is 5.75. The summed E-state index contributed by atoms with van der Waals surface area (Å²) >= 11 is 0. The molecule has 0 bridgehead atoms. The van der Waals surface area contributed by atoms with E-state index in [1.165, 1.54) is 12.1 Å². The molecule has 1 aromatic rings. The van der Waals surface area contributed by atoms with Crippen molar-refractivity contribution >= 4 is 6.29 Å². The molecule has 0 aliphatic carbocycles. The van der Waals surface area contributed by atoms with E-state index in [-0.39, 0.29) is 12.3 Å². The first kappa shape index (κ1) is 16.2. The summed E-state index contributed by atoms with van der Waals surface area (Å²) in [5.41, 5.74) is 6.85. The highest BCUT2D eigenvalue weighted by Gasteiger charge is 2.29. The standard InChI is InChI=1S/C15H20F2N4O/c1-19-6-13-15(18)20(2)7-14(21(13)3)9-4-11(16)10(8-22)12(17)5-9/h4-5,8,14,19H,6-7,18H2,1-3H3. The van der Waals surface area contributed by atoms with Gasteiger partial charge in [0.15, 0.2) is 6.29 Å². The van der Waals surface area contributed by atoms with E-state index >= 15 is 0 Å². The molecule has 0 radical (unpaired) electrons. The van der Waals surface area contributed by atoms with Crippen molar-refractivity contribution in [1.82, 2.24) is 15.1 Å².